The zero-order chi connectivity index (χ0) is 18.9. The van der Waals surface area contributed by atoms with Crippen LogP contribution in [0.2, 0.25) is 5.02 Å². The van der Waals surface area contributed by atoms with E-state index in [-0.39, 0.29) is 0 Å². The van der Waals surface area contributed by atoms with E-state index in [4.69, 9.17) is 16.6 Å². The lowest BCUT2D eigenvalue weighted by Crippen LogP contribution is -2.28. The third-order valence-corrected chi connectivity index (χ3v) is 5.54. The van der Waals surface area contributed by atoms with Gasteiger partial charge in [0.15, 0.2) is 0 Å². The number of rotatable bonds is 12. The molecular weight excluding hydrogens is 342 g/mol. The van der Waals surface area contributed by atoms with Gasteiger partial charge in [-0.1, -0.05) is 52.1 Å². The van der Waals surface area contributed by atoms with E-state index in [1.807, 2.05) is 6.07 Å². The van der Waals surface area contributed by atoms with E-state index in [1.54, 1.807) is 0 Å². The van der Waals surface area contributed by atoms with Crippen LogP contribution in [0.1, 0.15) is 78.0 Å². The highest BCUT2D eigenvalue weighted by Crippen LogP contribution is 2.26. The molecular formula is C22H36ClN3. The Morgan fingerprint density at radius 1 is 1.04 bits per heavy atom. The standard InChI is InChI=1S/C22H36ClN3/c1-5-8-13-25(14-9-6-2)15-10-16-26-21-17-19(23)11-12-20(21)24-22(26)18(4)7-3/h11-12,17-18H,5-10,13-16H2,1-4H3. The zero-order valence-corrected chi connectivity index (χ0v) is 17.9. The van der Waals surface area contributed by atoms with Gasteiger partial charge in [0.2, 0.25) is 0 Å². The summed E-state index contributed by atoms with van der Waals surface area (Å²) in [6.45, 7) is 13.7. The maximum Gasteiger partial charge on any atom is 0.112 e. The number of aromatic nitrogens is 2. The van der Waals surface area contributed by atoms with Crippen molar-refractivity contribution in [1.82, 2.24) is 14.5 Å². The van der Waals surface area contributed by atoms with Crippen molar-refractivity contribution in [2.45, 2.75) is 78.7 Å². The molecule has 3 nitrogen and oxygen atoms in total. The number of benzene rings is 1. The lowest BCUT2D eigenvalue weighted by molar-refractivity contribution is 0.257. The Labute approximate surface area is 164 Å². The van der Waals surface area contributed by atoms with Gasteiger partial charge in [0.25, 0.3) is 0 Å². The highest BCUT2D eigenvalue weighted by molar-refractivity contribution is 6.31. The monoisotopic (exact) mass is 377 g/mol. The first-order valence-corrected chi connectivity index (χ1v) is 10.9. The van der Waals surface area contributed by atoms with Crippen LogP contribution >= 0.6 is 11.6 Å². The van der Waals surface area contributed by atoms with Crippen molar-refractivity contribution in [2.75, 3.05) is 19.6 Å². The summed E-state index contributed by atoms with van der Waals surface area (Å²) in [7, 11) is 0. The van der Waals surface area contributed by atoms with Gasteiger partial charge in [0.1, 0.15) is 5.82 Å². The average molecular weight is 378 g/mol. The van der Waals surface area contributed by atoms with Crippen molar-refractivity contribution in [2.24, 2.45) is 0 Å². The van der Waals surface area contributed by atoms with Crippen LogP contribution in [0.3, 0.4) is 0 Å². The largest absolute Gasteiger partial charge is 0.328 e. The van der Waals surface area contributed by atoms with E-state index in [0.29, 0.717) is 5.92 Å². The van der Waals surface area contributed by atoms with Crippen LogP contribution in [0, 0.1) is 0 Å². The molecule has 1 aromatic carbocycles. The molecule has 0 spiro atoms. The minimum Gasteiger partial charge on any atom is -0.328 e. The van der Waals surface area contributed by atoms with Gasteiger partial charge < -0.3 is 9.47 Å². The molecule has 0 N–H and O–H groups in total. The Kier molecular flexibility index (Phi) is 8.94. The minimum absolute atomic E-state index is 0.470. The summed E-state index contributed by atoms with van der Waals surface area (Å²) in [4.78, 5) is 7.55. The van der Waals surface area contributed by atoms with Gasteiger partial charge in [-0.05, 0) is 63.5 Å². The summed E-state index contributed by atoms with van der Waals surface area (Å²) in [6.07, 6.45) is 7.40. The average Bonchev–Trinajstić information content (AvgIpc) is 3.00. The third kappa shape index (κ3) is 5.72. The highest BCUT2D eigenvalue weighted by atomic mass is 35.5. The highest BCUT2D eigenvalue weighted by Gasteiger charge is 2.16. The van der Waals surface area contributed by atoms with Crippen LogP contribution in [0.25, 0.3) is 11.0 Å². The van der Waals surface area contributed by atoms with Crippen molar-refractivity contribution >= 4 is 22.6 Å². The molecule has 0 aliphatic carbocycles. The van der Waals surface area contributed by atoms with E-state index < -0.39 is 0 Å². The van der Waals surface area contributed by atoms with Gasteiger partial charge in [-0.15, -0.1) is 0 Å². The molecule has 0 saturated heterocycles. The molecule has 146 valence electrons. The minimum atomic E-state index is 0.470. The van der Waals surface area contributed by atoms with Crippen LogP contribution in [0.4, 0.5) is 0 Å². The molecule has 0 aliphatic heterocycles. The fraction of sp³-hybridized carbons (Fsp3) is 0.682. The second kappa shape index (κ2) is 10.9. The topological polar surface area (TPSA) is 21.1 Å². The van der Waals surface area contributed by atoms with Crippen LogP contribution in [0.15, 0.2) is 18.2 Å². The van der Waals surface area contributed by atoms with Crippen molar-refractivity contribution in [3.05, 3.63) is 29.0 Å². The molecule has 2 aromatic rings. The predicted molar refractivity (Wildman–Crippen MR) is 114 cm³/mol. The maximum absolute atomic E-state index is 6.26. The van der Waals surface area contributed by atoms with E-state index in [0.717, 1.165) is 29.9 Å². The number of halogens is 1. The van der Waals surface area contributed by atoms with Crippen molar-refractivity contribution in [3.63, 3.8) is 0 Å². The van der Waals surface area contributed by atoms with Gasteiger partial charge >= 0.3 is 0 Å². The Bertz CT molecular complexity index is 657. The fourth-order valence-corrected chi connectivity index (χ4v) is 3.63. The van der Waals surface area contributed by atoms with Gasteiger partial charge in [-0.2, -0.15) is 0 Å². The van der Waals surface area contributed by atoms with E-state index >= 15 is 0 Å². The first-order valence-electron chi connectivity index (χ1n) is 10.5. The smallest absolute Gasteiger partial charge is 0.112 e. The summed E-state index contributed by atoms with van der Waals surface area (Å²) in [5, 5.41) is 0.793. The zero-order valence-electron chi connectivity index (χ0n) is 17.1. The summed E-state index contributed by atoms with van der Waals surface area (Å²) < 4.78 is 2.41. The van der Waals surface area contributed by atoms with Crippen LogP contribution in [-0.2, 0) is 6.54 Å². The van der Waals surface area contributed by atoms with Crippen LogP contribution < -0.4 is 0 Å². The molecule has 0 radical (unpaired) electrons. The Morgan fingerprint density at radius 3 is 2.31 bits per heavy atom. The lowest BCUT2D eigenvalue weighted by atomic mass is 10.1. The van der Waals surface area contributed by atoms with Crippen molar-refractivity contribution in [3.8, 4) is 0 Å². The summed E-state index contributed by atoms with van der Waals surface area (Å²) in [5.74, 6) is 1.68. The second-order valence-corrected chi connectivity index (χ2v) is 7.90. The van der Waals surface area contributed by atoms with E-state index in [1.165, 1.54) is 56.7 Å². The fourth-order valence-electron chi connectivity index (χ4n) is 3.46. The Balaban J connectivity index is 2.11. The third-order valence-electron chi connectivity index (χ3n) is 5.30. The second-order valence-electron chi connectivity index (χ2n) is 7.47. The molecule has 4 heteroatoms. The molecule has 2 rings (SSSR count). The molecule has 0 fully saturated rings. The van der Waals surface area contributed by atoms with E-state index in [9.17, 15) is 0 Å². The molecule has 0 aliphatic rings. The number of aryl methyl sites for hydroxylation is 1. The molecule has 1 atom stereocenters. The normalized spacial score (nSPS) is 13.0. The first-order chi connectivity index (χ1) is 12.6. The van der Waals surface area contributed by atoms with Crippen molar-refractivity contribution in [1.29, 1.82) is 0 Å². The number of hydrogen-bond donors (Lipinski definition) is 0. The molecule has 1 heterocycles. The molecule has 0 amide bonds. The van der Waals surface area contributed by atoms with Gasteiger partial charge in [0.05, 0.1) is 11.0 Å². The Morgan fingerprint density at radius 2 is 1.69 bits per heavy atom. The quantitative estimate of drug-likeness (QED) is 0.421. The number of fused-ring (bicyclic) bond motifs is 1. The predicted octanol–water partition coefficient (Wildman–Crippen LogP) is 6.50. The molecule has 1 unspecified atom stereocenters. The summed E-state index contributed by atoms with van der Waals surface area (Å²) >= 11 is 6.26. The van der Waals surface area contributed by atoms with Crippen LogP contribution in [0.5, 0.6) is 0 Å². The van der Waals surface area contributed by atoms with Crippen molar-refractivity contribution < 1.29 is 0 Å². The SMILES string of the molecule is CCCCN(CCCC)CCCn1c(C(C)CC)nc2ccc(Cl)cc21. The molecule has 1 aromatic heterocycles. The first kappa shape index (κ1) is 21.2. The lowest BCUT2D eigenvalue weighted by Gasteiger charge is -2.22. The molecule has 0 saturated carbocycles. The number of nitrogens with zero attached hydrogens (tertiary/aromatic N) is 3. The molecule has 0 bridgehead atoms. The van der Waals surface area contributed by atoms with Gasteiger partial charge in [-0.25, -0.2) is 4.98 Å². The summed E-state index contributed by atoms with van der Waals surface area (Å²) in [5.41, 5.74) is 2.25. The van der Waals surface area contributed by atoms with Gasteiger partial charge in [-0.3, -0.25) is 0 Å². The van der Waals surface area contributed by atoms with Crippen LogP contribution in [-0.4, -0.2) is 34.1 Å². The maximum atomic E-state index is 6.26. The van der Waals surface area contributed by atoms with Gasteiger partial charge in [0, 0.05) is 17.5 Å². The van der Waals surface area contributed by atoms with E-state index in [2.05, 4.69) is 49.3 Å². The number of unbranched alkanes of at least 4 members (excludes halogenated alkanes) is 2. The number of hydrogen-bond acceptors (Lipinski definition) is 2. The Hall–Kier alpha value is -1.06. The number of imidazole rings is 1. The molecule has 26 heavy (non-hydrogen) atoms. The summed E-state index contributed by atoms with van der Waals surface area (Å²) in [6, 6.07) is 6.06.